The number of thiophene rings is 1. The molecule has 0 fully saturated rings. The number of benzene rings is 1. The van der Waals surface area contributed by atoms with Crippen LogP contribution >= 0.6 is 11.3 Å². The van der Waals surface area contributed by atoms with Crippen LogP contribution in [0.25, 0.3) is 10.1 Å². The number of rotatable bonds is 1. The van der Waals surface area contributed by atoms with Gasteiger partial charge in [0.15, 0.2) is 0 Å². The normalized spacial score (nSPS) is 11.9. The Morgan fingerprint density at radius 2 is 2.29 bits per heavy atom. The molecule has 0 amide bonds. The molecule has 4 nitrogen and oxygen atoms in total. The maximum absolute atomic E-state index is 8.47. The van der Waals surface area contributed by atoms with Gasteiger partial charge >= 0.3 is 0 Å². The zero-order valence-electron chi connectivity index (χ0n) is 7.27. The van der Waals surface area contributed by atoms with Crippen molar-refractivity contribution in [3.8, 4) is 0 Å². The van der Waals surface area contributed by atoms with E-state index in [1.165, 1.54) is 4.70 Å². The van der Waals surface area contributed by atoms with Crippen LogP contribution in [-0.2, 0) is 0 Å². The lowest BCUT2D eigenvalue weighted by Gasteiger charge is -1.97. The van der Waals surface area contributed by atoms with E-state index in [1.54, 1.807) is 16.8 Å². The second-order valence-corrected chi connectivity index (χ2v) is 3.70. The first-order chi connectivity index (χ1) is 6.79. The molecule has 0 atom stereocenters. The molecule has 0 spiro atoms. The summed E-state index contributed by atoms with van der Waals surface area (Å²) >= 11 is 1.68. The van der Waals surface area contributed by atoms with Crippen molar-refractivity contribution in [2.24, 2.45) is 10.7 Å². The van der Waals surface area contributed by atoms with E-state index in [0.717, 1.165) is 11.1 Å². The molecule has 0 bridgehead atoms. The molecule has 2 aromatic rings. The standard InChI is InChI=1S/C9H9N3OS/c10-9(12-13)11-7-1-2-8-6(5-7)3-4-14-8/h1-5,13H,(H3,10,11,12). The number of nitrogens with zero attached hydrogens (tertiary/aromatic N) is 1. The van der Waals surface area contributed by atoms with Crippen LogP contribution in [0.2, 0.25) is 0 Å². The Hall–Kier alpha value is -1.59. The molecule has 0 radical (unpaired) electrons. The molecule has 5 heteroatoms. The second kappa shape index (κ2) is 3.65. The van der Waals surface area contributed by atoms with E-state index < -0.39 is 0 Å². The molecule has 0 aliphatic rings. The van der Waals surface area contributed by atoms with Gasteiger partial charge in [-0.25, -0.2) is 10.5 Å². The van der Waals surface area contributed by atoms with Crippen LogP contribution in [0.3, 0.4) is 0 Å². The van der Waals surface area contributed by atoms with Crippen molar-refractivity contribution >= 4 is 33.1 Å². The quantitative estimate of drug-likeness (QED) is 0.379. The third kappa shape index (κ3) is 1.68. The summed E-state index contributed by atoms with van der Waals surface area (Å²) in [6.07, 6.45) is 0. The molecule has 1 heterocycles. The molecule has 0 aliphatic carbocycles. The average molecular weight is 207 g/mol. The highest BCUT2D eigenvalue weighted by atomic mass is 32.1. The van der Waals surface area contributed by atoms with E-state index in [0.29, 0.717) is 0 Å². The molecule has 0 saturated carbocycles. The third-order valence-electron chi connectivity index (χ3n) is 1.80. The van der Waals surface area contributed by atoms with E-state index in [9.17, 15) is 0 Å². The highest BCUT2D eigenvalue weighted by molar-refractivity contribution is 7.17. The molecule has 4 N–H and O–H groups in total. The molecule has 2 rings (SSSR count). The fourth-order valence-electron chi connectivity index (χ4n) is 1.19. The van der Waals surface area contributed by atoms with Crippen molar-refractivity contribution in [2.75, 3.05) is 0 Å². The summed E-state index contributed by atoms with van der Waals surface area (Å²) in [6, 6.07) is 7.75. The van der Waals surface area contributed by atoms with Crippen molar-refractivity contribution < 1.29 is 5.21 Å². The van der Waals surface area contributed by atoms with Crippen molar-refractivity contribution in [3.05, 3.63) is 29.6 Å². The predicted molar refractivity (Wildman–Crippen MR) is 58.0 cm³/mol. The lowest BCUT2D eigenvalue weighted by atomic mass is 10.2. The van der Waals surface area contributed by atoms with E-state index in [1.807, 2.05) is 29.6 Å². The molecule has 1 aromatic carbocycles. The van der Waals surface area contributed by atoms with E-state index in [2.05, 4.69) is 4.99 Å². The minimum absolute atomic E-state index is 0.0143. The van der Waals surface area contributed by atoms with Gasteiger partial charge in [-0.1, -0.05) is 0 Å². The molecular formula is C9H9N3OS. The minimum atomic E-state index is -0.0143. The van der Waals surface area contributed by atoms with Gasteiger partial charge in [0.2, 0.25) is 5.96 Å². The number of nitrogens with one attached hydrogen (secondary N) is 1. The zero-order valence-corrected chi connectivity index (χ0v) is 8.08. The smallest absolute Gasteiger partial charge is 0.218 e. The fourth-order valence-corrected chi connectivity index (χ4v) is 1.96. The van der Waals surface area contributed by atoms with Crippen LogP contribution in [0, 0.1) is 0 Å². The van der Waals surface area contributed by atoms with Crippen molar-refractivity contribution in [1.29, 1.82) is 0 Å². The van der Waals surface area contributed by atoms with Crippen LogP contribution in [0.5, 0.6) is 0 Å². The Morgan fingerprint density at radius 1 is 1.43 bits per heavy atom. The Kier molecular flexibility index (Phi) is 2.34. The summed E-state index contributed by atoms with van der Waals surface area (Å²) < 4.78 is 1.21. The summed E-state index contributed by atoms with van der Waals surface area (Å²) in [5.41, 5.74) is 7.82. The van der Waals surface area contributed by atoms with Crippen LogP contribution in [-0.4, -0.2) is 11.2 Å². The van der Waals surface area contributed by atoms with E-state index in [4.69, 9.17) is 10.9 Å². The number of hydroxylamine groups is 1. The van der Waals surface area contributed by atoms with Crippen LogP contribution in [0.1, 0.15) is 0 Å². The molecule has 72 valence electrons. The Morgan fingerprint density at radius 3 is 3.07 bits per heavy atom. The van der Waals surface area contributed by atoms with Crippen LogP contribution in [0.15, 0.2) is 34.6 Å². The first-order valence-corrected chi connectivity index (χ1v) is 4.89. The van der Waals surface area contributed by atoms with Gasteiger partial charge in [0.25, 0.3) is 0 Å². The van der Waals surface area contributed by atoms with Gasteiger partial charge in [-0.3, -0.25) is 5.21 Å². The summed E-state index contributed by atoms with van der Waals surface area (Å²) in [5.74, 6) is -0.0143. The summed E-state index contributed by atoms with van der Waals surface area (Å²) in [4.78, 5) is 3.95. The lowest BCUT2D eigenvalue weighted by molar-refractivity contribution is 0.233. The summed E-state index contributed by atoms with van der Waals surface area (Å²) in [7, 11) is 0. The van der Waals surface area contributed by atoms with Gasteiger partial charge in [0.1, 0.15) is 0 Å². The van der Waals surface area contributed by atoms with Gasteiger partial charge in [-0.2, -0.15) is 0 Å². The lowest BCUT2D eigenvalue weighted by Crippen LogP contribution is -2.27. The third-order valence-corrected chi connectivity index (χ3v) is 2.70. The number of aliphatic imine (C=N–C) groups is 1. The first-order valence-electron chi connectivity index (χ1n) is 4.01. The molecule has 1 aromatic heterocycles. The molecular weight excluding hydrogens is 198 g/mol. The maximum Gasteiger partial charge on any atom is 0.218 e. The highest BCUT2D eigenvalue weighted by Gasteiger charge is 1.96. The first kappa shape index (κ1) is 8.98. The predicted octanol–water partition coefficient (Wildman–Crippen LogP) is 1.83. The van der Waals surface area contributed by atoms with Crippen LogP contribution < -0.4 is 11.2 Å². The topological polar surface area (TPSA) is 70.6 Å². The Bertz CT molecular complexity index is 478. The van der Waals surface area contributed by atoms with Crippen molar-refractivity contribution in [3.63, 3.8) is 0 Å². The number of fused-ring (bicyclic) bond motifs is 1. The molecule has 0 unspecified atom stereocenters. The second-order valence-electron chi connectivity index (χ2n) is 2.75. The highest BCUT2D eigenvalue weighted by Crippen LogP contribution is 2.25. The zero-order chi connectivity index (χ0) is 9.97. The van der Waals surface area contributed by atoms with Gasteiger partial charge in [-0.05, 0) is 35.0 Å². The monoisotopic (exact) mass is 207 g/mol. The minimum Gasteiger partial charge on any atom is -0.368 e. The summed E-state index contributed by atoms with van der Waals surface area (Å²) in [5, 5.41) is 11.6. The summed E-state index contributed by atoms with van der Waals surface area (Å²) in [6.45, 7) is 0. The van der Waals surface area contributed by atoms with E-state index >= 15 is 0 Å². The molecule has 14 heavy (non-hydrogen) atoms. The van der Waals surface area contributed by atoms with Crippen LogP contribution in [0.4, 0.5) is 5.69 Å². The number of hydrogen-bond donors (Lipinski definition) is 3. The van der Waals surface area contributed by atoms with Gasteiger partial charge in [-0.15, -0.1) is 11.3 Å². The number of guanidine groups is 1. The van der Waals surface area contributed by atoms with E-state index in [-0.39, 0.29) is 5.96 Å². The fraction of sp³-hybridized carbons (Fsp3) is 0. The van der Waals surface area contributed by atoms with Gasteiger partial charge < -0.3 is 5.73 Å². The number of nitrogens with two attached hydrogens (primary N) is 1. The van der Waals surface area contributed by atoms with Gasteiger partial charge in [0, 0.05) is 4.70 Å². The SMILES string of the molecule is NC(=Nc1ccc2sccc2c1)NO. The molecule has 0 saturated heterocycles. The van der Waals surface area contributed by atoms with Crippen molar-refractivity contribution in [2.45, 2.75) is 0 Å². The maximum atomic E-state index is 8.47. The largest absolute Gasteiger partial charge is 0.368 e. The Labute approximate surface area is 84.7 Å². The molecule has 0 aliphatic heterocycles. The Balaban J connectivity index is 2.44. The van der Waals surface area contributed by atoms with Crippen molar-refractivity contribution in [1.82, 2.24) is 5.48 Å². The average Bonchev–Trinajstić information content (AvgIpc) is 2.64. The van der Waals surface area contributed by atoms with Gasteiger partial charge in [0.05, 0.1) is 5.69 Å². The number of hydrogen-bond acceptors (Lipinski definition) is 3.